The second-order valence-corrected chi connectivity index (χ2v) is 4.56. The molecule has 4 nitrogen and oxygen atoms in total. The van der Waals surface area contributed by atoms with Crippen LogP contribution in [0.1, 0.15) is 20.3 Å². The van der Waals surface area contributed by atoms with Gasteiger partial charge in [-0.3, -0.25) is 9.59 Å². The van der Waals surface area contributed by atoms with Gasteiger partial charge in [-0.2, -0.15) is 11.8 Å². The summed E-state index contributed by atoms with van der Waals surface area (Å²) in [5.74, 6) is -2.05. The summed E-state index contributed by atoms with van der Waals surface area (Å²) in [5.41, 5.74) is 0. The van der Waals surface area contributed by atoms with Gasteiger partial charge in [0.1, 0.15) is 0 Å². The quantitative estimate of drug-likeness (QED) is 0.526. The Balaban J connectivity index is 2.62. The van der Waals surface area contributed by atoms with Crippen molar-refractivity contribution in [2.24, 2.45) is 5.92 Å². The molecule has 0 aromatic heterocycles. The van der Waals surface area contributed by atoms with Crippen molar-refractivity contribution >= 4 is 23.7 Å². The van der Waals surface area contributed by atoms with Crippen LogP contribution in [-0.4, -0.2) is 29.7 Å². The molecule has 5 heteroatoms. The number of carbonyl (C=O) groups excluding carboxylic acids is 2. The summed E-state index contributed by atoms with van der Waals surface area (Å²) in [6, 6.07) is 0. The Labute approximate surface area is 87.3 Å². The van der Waals surface area contributed by atoms with Gasteiger partial charge in [-0.15, -0.1) is 0 Å². The van der Waals surface area contributed by atoms with Crippen LogP contribution >= 0.6 is 11.8 Å². The Morgan fingerprint density at radius 1 is 1.29 bits per heavy atom. The van der Waals surface area contributed by atoms with E-state index in [1.807, 2.05) is 6.26 Å². The molecular weight excluding hydrogens is 204 g/mol. The average Bonchev–Trinajstić information content (AvgIpc) is 2.00. The van der Waals surface area contributed by atoms with Crippen molar-refractivity contribution in [3.8, 4) is 0 Å². The standard InChI is InChI=1S/C9H14O4S/c1-9(2)12-7(10)6(4-5-14-3)8(11)13-9/h6H,4-5H2,1-3H3. The van der Waals surface area contributed by atoms with Crippen LogP contribution in [0.4, 0.5) is 0 Å². The van der Waals surface area contributed by atoms with Crippen LogP contribution in [-0.2, 0) is 19.1 Å². The third-order valence-corrected chi connectivity index (χ3v) is 2.52. The van der Waals surface area contributed by atoms with E-state index in [4.69, 9.17) is 9.47 Å². The first-order chi connectivity index (χ1) is 6.46. The van der Waals surface area contributed by atoms with Crippen molar-refractivity contribution < 1.29 is 19.1 Å². The Morgan fingerprint density at radius 3 is 2.21 bits per heavy atom. The summed E-state index contributed by atoms with van der Waals surface area (Å²) < 4.78 is 9.93. The number of hydrogen-bond acceptors (Lipinski definition) is 5. The van der Waals surface area contributed by atoms with E-state index >= 15 is 0 Å². The molecule has 0 aromatic rings. The zero-order valence-electron chi connectivity index (χ0n) is 8.53. The smallest absolute Gasteiger partial charge is 0.323 e. The lowest BCUT2D eigenvalue weighted by Gasteiger charge is -2.32. The van der Waals surface area contributed by atoms with E-state index in [9.17, 15) is 9.59 Å². The van der Waals surface area contributed by atoms with E-state index in [0.29, 0.717) is 6.42 Å². The molecule has 1 saturated heterocycles. The minimum absolute atomic E-state index is 0.472. The molecule has 1 fully saturated rings. The molecule has 1 aliphatic heterocycles. The maximum atomic E-state index is 11.4. The number of carbonyl (C=O) groups is 2. The summed E-state index contributed by atoms with van der Waals surface area (Å²) in [7, 11) is 0. The highest BCUT2D eigenvalue weighted by atomic mass is 32.2. The maximum absolute atomic E-state index is 11.4. The highest BCUT2D eigenvalue weighted by Crippen LogP contribution is 2.25. The fourth-order valence-electron chi connectivity index (χ4n) is 1.22. The van der Waals surface area contributed by atoms with Crippen molar-refractivity contribution in [3.63, 3.8) is 0 Å². The largest absolute Gasteiger partial charge is 0.422 e. The van der Waals surface area contributed by atoms with Crippen LogP contribution < -0.4 is 0 Å². The first kappa shape index (κ1) is 11.4. The van der Waals surface area contributed by atoms with Crippen LogP contribution in [0.2, 0.25) is 0 Å². The van der Waals surface area contributed by atoms with E-state index in [0.717, 1.165) is 5.75 Å². The molecule has 1 rings (SSSR count). The normalized spacial score (nSPS) is 21.6. The first-order valence-electron chi connectivity index (χ1n) is 4.41. The molecule has 80 valence electrons. The molecule has 0 aliphatic carbocycles. The third kappa shape index (κ3) is 2.64. The second-order valence-electron chi connectivity index (χ2n) is 3.58. The predicted molar refractivity (Wildman–Crippen MR) is 52.8 cm³/mol. The molecule has 0 amide bonds. The van der Waals surface area contributed by atoms with Gasteiger partial charge in [0, 0.05) is 13.8 Å². The lowest BCUT2D eigenvalue weighted by atomic mass is 10.1. The van der Waals surface area contributed by atoms with Gasteiger partial charge in [-0.05, 0) is 18.4 Å². The molecule has 0 spiro atoms. The van der Waals surface area contributed by atoms with Crippen LogP contribution in [0.25, 0.3) is 0 Å². The molecule has 1 aliphatic rings. The average molecular weight is 218 g/mol. The number of hydrogen-bond donors (Lipinski definition) is 0. The number of ether oxygens (including phenoxy) is 2. The van der Waals surface area contributed by atoms with E-state index in [1.54, 1.807) is 25.6 Å². The van der Waals surface area contributed by atoms with E-state index in [1.165, 1.54) is 0 Å². The lowest BCUT2D eigenvalue weighted by molar-refractivity contribution is -0.239. The molecule has 1 heterocycles. The fourth-order valence-corrected chi connectivity index (χ4v) is 1.69. The maximum Gasteiger partial charge on any atom is 0.323 e. The summed E-state index contributed by atoms with van der Waals surface area (Å²) in [4.78, 5) is 22.8. The Hall–Kier alpha value is -0.710. The highest BCUT2D eigenvalue weighted by molar-refractivity contribution is 7.98. The molecular formula is C9H14O4S. The van der Waals surface area contributed by atoms with Crippen LogP contribution in [0.3, 0.4) is 0 Å². The Bertz CT molecular complexity index is 229. The third-order valence-electron chi connectivity index (χ3n) is 1.87. The summed E-state index contributed by atoms with van der Waals surface area (Å²) in [6.07, 6.45) is 2.40. The molecule has 0 saturated carbocycles. The van der Waals surface area contributed by atoms with E-state index in [2.05, 4.69) is 0 Å². The lowest BCUT2D eigenvalue weighted by Crippen LogP contribution is -2.46. The van der Waals surface area contributed by atoms with Gasteiger partial charge in [0.25, 0.3) is 5.79 Å². The van der Waals surface area contributed by atoms with Crippen LogP contribution in [0, 0.1) is 5.92 Å². The van der Waals surface area contributed by atoms with Gasteiger partial charge in [0.2, 0.25) is 0 Å². The van der Waals surface area contributed by atoms with E-state index < -0.39 is 23.6 Å². The number of thioether (sulfide) groups is 1. The summed E-state index contributed by atoms with van der Waals surface area (Å²) in [6.45, 7) is 3.10. The molecule has 14 heavy (non-hydrogen) atoms. The topological polar surface area (TPSA) is 52.6 Å². The zero-order valence-corrected chi connectivity index (χ0v) is 9.35. The van der Waals surface area contributed by atoms with Gasteiger partial charge in [-0.1, -0.05) is 0 Å². The van der Waals surface area contributed by atoms with Crippen molar-refractivity contribution in [1.29, 1.82) is 0 Å². The van der Waals surface area contributed by atoms with Crippen LogP contribution in [0.15, 0.2) is 0 Å². The molecule has 0 N–H and O–H groups in total. The number of cyclic esters (lactones) is 2. The molecule has 0 atom stereocenters. The minimum Gasteiger partial charge on any atom is -0.422 e. The van der Waals surface area contributed by atoms with Gasteiger partial charge < -0.3 is 9.47 Å². The van der Waals surface area contributed by atoms with Gasteiger partial charge >= 0.3 is 11.9 Å². The molecule has 0 radical (unpaired) electrons. The van der Waals surface area contributed by atoms with Crippen molar-refractivity contribution in [2.45, 2.75) is 26.1 Å². The van der Waals surface area contributed by atoms with Crippen LogP contribution in [0.5, 0.6) is 0 Å². The Morgan fingerprint density at radius 2 is 1.79 bits per heavy atom. The van der Waals surface area contributed by atoms with Gasteiger partial charge in [-0.25, -0.2) is 0 Å². The SMILES string of the molecule is CSCCC1C(=O)OC(C)(C)OC1=O. The van der Waals surface area contributed by atoms with Gasteiger partial charge in [0.15, 0.2) is 5.92 Å². The fraction of sp³-hybridized carbons (Fsp3) is 0.778. The Kier molecular flexibility index (Phi) is 3.42. The number of rotatable bonds is 3. The first-order valence-corrected chi connectivity index (χ1v) is 5.80. The number of esters is 2. The predicted octanol–water partition coefficient (Wildman–Crippen LogP) is 1.19. The molecule has 0 bridgehead atoms. The van der Waals surface area contributed by atoms with Crippen molar-refractivity contribution in [2.75, 3.05) is 12.0 Å². The van der Waals surface area contributed by atoms with Crippen molar-refractivity contribution in [3.05, 3.63) is 0 Å². The molecule has 0 aromatic carbocycles. The highest BCUT2D eigenvalue weighted by Gasteiger charge is 2.42. The summed E-state index contributed by atoms with van der Waals surface area (Å²) in [5, 5.41) is 0. The molecule has 0 unspecified atom stereocenters. The second kappa shape index (κ2) is 4.21. The van der Waals surface area contributed by atoms with E-state index in [-0.39, 0.29) is 0 Å². The summed E-state index contributed by atoms with van der Waals surface area (Å²) >= 11 is 1.58. The zero-order chi connectivity index (χ0) is 10.8. The van der Waals surface area contributed by atoms with Gasteiger partial charge in [0.05, 0.1) is 0 Å². The minimum atomic E-state index is -1.11. The van der Waals surface area contributed by atoms with Crippen molar-refractivity contribution in [1.82, 2.24) is 0 Å². The monoisotopic (exact) mass is 218 g/mol.